The Morgan fingerprint density at radius 2 is 1.92 bits per heavy atom. The largest absolute Gasteiger partial charge is 0.431 e. The summed E-state index contributed by atoms with van der Waals surface area (Å²) >= 11 is 7.00. The number of benzene rings is 2. The summed E-state index contributed by atoms with van der Waals surface area (Å²) in [6.45, 7) is -0.0461. The number of amides is 2. The minimum Gasteiger partial charge on any atom is -0.431 e. The van der Waals surface area contributed by atoms with E-state index in [9.17, 15) is 9.59 Å². The van der Waals surface area contributed by atoms with Crippen molar-refractivity contribution in [1.29, 1.82) is 0 Å². The molecule has 3 aromatic rings. The number of carbonyl (C=O) groups is 2. The molecule has 2 aromatic carbocycles. The van der Waals surface area contributed by atoms with Crippen LogP contribution in [0.15, 0.2) is 58.2 Å². The zero-order valence-electron chi connectivity index (χ0n) is 13.9. The molecule has 2 amide bonds. The molecule has 6 nitrogen and oxygen atoms in total. The third kappa shape index (κ3) is 4.77. The molecule has 0 atom stereocenters. The molecule has 0 spiro atoms. The third-order valence-corrected chi connectivity index (χ3v) is 4.59. The van der Waals surface area contributed by atoms with E-state index in [1.807, 2.05) is 24.3 Å². The lowest BCUT2D eigenvalue weighted by atomic mass is 10.3. The highest BCUT2D eigenvalue weighted by Crippen LogP contribution is 2.23. The van der Waals surface area contributed by atoms with E-state index in [1.54, 1.807) is 31.3 Å². The molecule has 8 heteroatoms. The number of oxazole rings is 1. The molecular formula is C18H16ClN3O3S. The van der Waals surface area contributed by atoms with Crippen molar-refractivity contribution >= 4 is 52.0 Å². The Balaban J connectivity index is 1.49. The Kier molecular flexibility index (Phi) is 5.80. The second-order valence-corrected chi connectivity index (χ2v) is 6.90. The van der Waals surface area contributed by atoms with Crippen molar-refractivity contribution in [2.45, 2.75) is 5.22 Å². The summed E-state index contributed by atoms with van der Waals surface area (Å²) in [5.41, 5.74) is 2.05. The molecule has 134 valence electrons. The molecule has 1 aromatic heterocycles. The predicted octanol–water partition coefficient (Wildman–Crippen LogP) is 3.67. The normalized spacial score (nSPS) is 10.7. The van der Waals surface area contributed by atoms with Crippen LogP contribution in [0.25, 0.3) is 11.1 Å². The molecule has 1 N–H and O–H groups in total. The maximum Gasteiger partial charge on any atom is 0.257 e. The molecule has 0 aliphatic rings. The number of thioether (sulfide) groups is 1. The van der Waals surface area contributed by atoms with Crippen molar-refractivity contribution in [2.24, 2.45) is 0 Å². The molecule has 0 saturated heterocycles. The Labute approximate surface area is 159 Å². The van der Waals surface area contributed by atoms with E-state index in [-0.39, 0.29) is 24.1 Å². The van der Waals surface area contributed by atoms with Crippen molar-refractivity contribution in [2.75, 3.05) is 24.7 Å². The zero-order chi connectivity index (χ0) is 18.5. The van der Waals surface area contributed by atoms with Crippen LogP contribution in [0, 0.1) is 0 Å². The lowest BCUT2D eigenvalue weighted by Crippen LogP contribution is -2.35. The van der Waals surface area contributed by atoms with E-state index in [2.05, 4.69) is 10.3 Å². The van der Waals surface area contributed by atoms with Gasteiger partial charge in [0.25, 0.3) is 5.22 Å². The van der Waals surface area contributed by atoms with Crippen molar-refractivity contribution in [3.05, 3.63) is 53.6 Å². The van der Waals surface area contributed by atoms with Gasteiger partial charge in [-0.2, -0.15) is 0 Å². The number of nitrogens with one attached hydrogen (secondary N) is 1. The molecule has 0 aliphatic heterocycles. The topological polar surface area (TPSA) is 75.4 Å². The van der Waals surface area contributed by atoms with Gasteiger partial charge in [-0.1, -0.05) is 35.5 Å². The number of para-hydroxylation sites is 2. The summed E-state index contributed by atoms with van der Waals surface area (Å²) in [5, 5.41) is 3.74. The molecule has 0 unspecified atom stereocenters. The number of anilines is 1. The fraction of sp³-hybridized carbons (Fsp3) is 0.167. The van der Waals surface area contributed by atoms with Crippen LogP contribution < -0.4 is 5.32 Å². The Morgan fingerprint density at radius 3 is 2.65 bits per heavy atom. The van der Waals surface area contributed by atoms with Crippen molar-refractivity contribution < 1.29 is 14.0 Å². The lowest BCUT2D eigenvalue weighted by molar-refractivity contribution is -0.131. The summed E-state index contributed by atoms with van der Waals surface area (Å²) in [5.74, 6) is -0.337. The molecular weight excluding hydrogens is 374 g/mol. The van der Waals surface area contributed by atoms with Gasteiger partial charge in [-0.15, -0.1) is 0 Å². The van der Waals surface area contributed by atoms with Crippen molar-refractivity contribution in [3.63, 3.8) is 0 Å². The van der Waals surface area contributed by atoms with Gasteiger partial charge in [-0.3, -0.25) is 9.59 Å². The number of rotatable bonds is 6. The molecule has 26 heavy (non-hydrogen) atoms. The second-order valence-electron chi connectivity index (χ2n) is 5.54. The Bertz CT molecular complexity index is 894. The number of halogens is 1. The van der Waals surface area contributed by atoms with E-state index >= 15 is 0 Å². The number of aromatic nitrogens is 1. The van der Waals surface area contributed by atoms with Crippen molar-refractivity contribution in [3.8, 4) is 0 Å². The van der Waals surface area contributed by atoms with Crippen LogP contribution in [0.5, 0.6) is 0 Å². The number of hydrogen-bond acceptors (Lipinski definition) is 5. The van der Waals surface area contributed by atoms with Gasteiger partial charge in [0.2, 0.25) is 11.8 Å². The maximum absolute atomic E-state index is 12.2. The van der Waals surface area contributed by atoms with Gasteiger partial charge < -0.3 is 14.6 Å². The zero-order valence-corrected chi connectivity index (χ0v) is 15.5. The molecule has 3 rings (SSSR count). The average Bonchev–Trinajstić information content (AvgIpc) is 3.04. The quantitative estimate of drug-likeness (QED) is 0.651. The molecule has 0 saturated carbocycles. The molecule has 0 bridgehead atoms. The van der Waals surface area contributed by atoms with Gasteiger partial charge in [0.05, 0.1) is 12.3 Å². The fourth-order valence-electron chi connectivity index (χ4n) is 2.18. The van der Waals surface area contributed by atoms with Crippen LogP contribution in [0.1, 0.15) is 0 Å². The van der Waals surface area contributed by atoms with E-state index in [0.717, 1.165) is 5.52 Å². The molecule has 0 aliphatic carbocycles. The first-order valence-corrected chi connectivity index (χ1v) is 9.15. The highest BCUT2D eigenvalue weighted by atomic mass is 35.5. The third-order valence-electron chi connectivity index (χ3n) is 3.53. The van der Waals surface area contributed by atoms with Gasteiger partial charge in [-0.05, 0) is 36.4 Å². The Hall–Kier alpha value is -2.51. The molecule has 1 heterocycles. The second kappa shape index (κ2) is 8.25. The Morgan fingerprint density at radius 1 is 1.19 bits per heavy atom. The predicted molar refractivity (Wildman–Crippen MR) is 102 cm³/mol. The van der Waals surface area contributed by atoms with Gasteiger partial charge in [0, 0.05) is 17.8 Å². The highest BCUT2D eigenvalue weighted by Gasteiger charge is 2.15. The molecule has 0 fully saturated rings. The first-order valence-electron chi connectivity index (χ1n) is 7.79. The summed E-state index contributed by atoms with van der Waals surface area (Å²) < 4.78 is 5.56. The van der Waals surface area contributed by atoms with Crippen LogP contribution in [0.4, 0.5) is 5.69 Å². The summed E-state index contributed by atoms with van der Waals surface area (Å²) in [4.78, 5) is 29.9. The number of hydrogen-bond donors (Lipinski definition) is 1. The van der Waals surface area contributed by atoms with Gasteiger partial charge in [0.1, 0.15) is 5.52 Å². The summed E-state index contributed by atoms with van der Waals surface area (Å²) in [7, 11) is 1.58. The van der Waals surface area contributed by atoms with Crippen LogP contribution >= 0.6 is 23.4 Å². The maximum atomic E-state index is 12.2. The van der Waals surface area contributed by atoms with Crippen LogP contribution in [-0.4, -0.2) is 41.0 Å². The minimum atomic E-state index is -0.282. The first kappa shape index (κ1) is 18.3. The summed E-state index contributed by atoms with van der Waals surface area (Å²) in [6.07, 6.45) is 0. The fourth-order valence-corrected chi connectivity index (χ4v) is 3.09. The van der Waals surface area contributed by atoms with Gasteiger partial charge >= 0.3 is 0 Å². The van der Waals surface area contributed by atoms with Crippen LogP contribution in [0.3, 0.4) is 0 Å². The average molecular weight is 390 g/mol. The van der Waals surface area contributed by atoms with E-state index < -0.39 is 0 Å². The number of nitrogens with zero attached hydrogens (tertiary/aromatic N) is 2. The minimum absolute atomic E-state index is 0.0461. The molecule has 0 radical (unpaired) electrons. The van der Waals surface area contributed by atoms with E-state index in [1.165, 1.54) is 16.7 Å². The SMILES string of the molecule is CN(CC(=O)Nc1ccc(Cl)cc1)C(=O)CSc1nc2ccccc2o1. The van der Waals surface area contributed by atoms with Gasteiger partial charge in [-0.25, -0.2) is 4.98 Å². The lowest BCUT2D eigenvalue weighted by Gasteiger charge is -2.16. The van der Waals surface area contributed by atoms with E-state index in [0.29, 0.717) is 21.5 Å². The summed E-state index contributed by atoms with van der Waals surface area (Å²) in [6, 6.07) is 14.2. The highest BCUT2D eigenvalue weighted by molar-refractivity contribution is 7.99. The number of likely N-dealkylation sites (N-methyl/N-ethyl adjacent to an activating group) is 1. The first-order chi connectivity index (χ1) is 12.5. The number of carbonyl (C=O) groups excluding carboxylic acids is 2. The smallest absolute Gasteiger partial charge is 0.257 e. The van der Waals surface area contributed by atoms with E-state index in [4.69, 9.17) is 16.0 Å². The van der Waals surface area contributed by atoms with Crippen LogP contribution in [-0.2, 0) is 9.59 Å². The van der Waals surface area contributed by atoms with Gasteiger partial charge in [0.15, 0.2) is 5.58 Å². The van der Waals surface area contributed by atoms with Crippen molar-refractivity contribution in [1.82, 2.24) is 9.88 Å². The van der Waals surface area contributed by atoms with Crippen LogP contribution in [0.2, 0.25) is 5.02 Å². The number of fused-ring (bicyclic) bond motifs is 1. The monoisotopic (exact) mass is 389 g/mol. The standard InChI is InChI=1S/C18H16ClN3O3S/c1-22(10-16(23)20-13-8-6-12(19)7-9-13)17(24)11-26-18-21-14-4-2-3-5-15(14)25-18/h2-9H,10-11H2,1H3,(H,20,23).